The summed E-state index contributed by atoms with van der Waals surface area (Å²) in [4.78, 5) is 29.1. The number of ether oxygens (including phenoxy) is 1. The number of benzene rings is 2. The van der Waals surface area contributed by atoms with Gasteiger partial charge in [0.05, 0.1) is 16.3 Å². The molecule has 2 aromatic carbocycles. The van der Waals surface area contributed by atoms with Crippen LogP contribution in [0.1, 0.15) is 32.1 Å². The van der Waals surface area contributed by atoms with Gasteiger partial charge in [-0.25, -0.2) is 4.79 Å². The Kier molecular flexibility index (Phi) is 6.37. The van der Waals surface area contributed by atoms with Crippen molar-refractivity contribution in [2.45, 2.75) is 55.6 Å². The van der Waals surface area contributed by atoms with Crippen molar-refractivity contribution in [3.63, 3.8) is 0 Å². The molecule has 1 saturated carbocycles. The number of hydrogen-bond donors (Lipinski definition) is 4. The molecule has 36 heavy (non-hydrogen) atoms. The highest BCUT2D eigenvalue weighted by molar-refractivity contribution is 8.04. The molecule has 2 saturated heterocycles. The lowest BCUT2D eigenvalue weighted by Gasteiger charge is -2.45. The van der Waals surface area contributed by atoms with Crippen LogP contribution >= 0.6 is 11.8 Å². The predicted octanol–water partition coefficient (Wildman–Crippen LogP) is 3.66. The predicted molar refractivity (Wildman–Crippen MR) is 141 cm³/mol. The normalized spacial score (nSPS) is 29.4. The summed E-state index contributed by atoms with van der Waals surface area (Å²) >= 11 is 1.53. The second-order valence-corrected chi connectivity index (χ2v) is 11.0. The van der Waals surface area contributed by atoms with Gasteiger partial charge in [0, 0.05) is 29.4 Å². The lowest BCUT2D eigenvalue weighted by molar-refractivity contribution is -0.117. The molecule has 9 heteroatoms. The van der Waals surface area contributed by atoms with Gasteiger partial charge < -0.3 is 26.4 Å². The molecule has 3 heterocycles. The zero-order valence-corrected chi connectivity index (χ0v) is 20.8. The highest BCUT2D eigenvalue weighted by atomic mass is 32.2. The first kappa shape index (κ1) is 23.4. The van der Waals surface area contributed by atoms with Crippen LogP contribution in [-0.4, -0.2) is 42.0 Å². The van der Waals surface area contributed by atoms with Crippen molar-refractivity contribution in [2.75, 3.05) is 11.4 Å². The first-order chi connectivity index (χ1) is 17.6. The van der Waals surface area contributed by atoms with E-state index in [0.717, 1.165) is 55.8 Å². The Morgan fingerprint density at radius 1 is 1.03 bits per heavy atom. The van der Waals surface area contributed by atoms with Gasteiger partial charge >= 0.3 is 6.03 Å². The zero-order valence-electron chi connectivity index (χ0n) is 20.0. The first-order valence-electron chi connectivity index (χ1n) is 12.7. The molecule has 8 nitrogen and oxygen atoms in total. The maximum absolute atomic E-state index is 13.4. The quantitative estimate of drug-likeness (QED) is 0.494. The lowest BCUT2D eigenvalue weighted by Crippen LogP contribution is -2.62. The Morgan fingerprint density at radius 2 is 1.78 bits per heavy atom. The fourth-order valence-electron chi connectivity index (χ4n) is 5.79. The molecular formula is C27H31N5O3S. The minimum absolute atomic E-state index is 0.0151. The number of thioether (sulfide) groups is 1. The van der Waals surface area contributed by atoms with E-state index >= 15 is 0 Å². The zero-order chi connectivity index (χ0) is 24.6. The Morgan fingerprint density at radius 3 is 2.56 bits per heavy atom. The third-order valence-corrected chi connectivity index (χ3v) is 8.93. The van der Waals surface area contributed by atoms with Crippen LogP contribution in [0, 0.1) is 5.92 Å². The van der Waals surface area contributed by atoms with Gasteiger partial charge in [-0.05, 0) is 62.2 Å². The number of carbonyl (C=O) groups is 2. The average Bonchev–Trinajstić information content (AvgIpc) is 3.26. The van der Waals surface area contributed by atoms with Crippen LogP contribution < -0.4 is 31.3 Å². The number of urea groups is 1. The number of hydrogen-bond acceptors (Lipinski definition) is 6. The molecule has 5 atom stereocenters. The van der Waals surface area contributed by atoms with Crippen molar-refractivity contribution in [1.29, 1.82) is 0 Å². The minimum Gasteiger partial charge on any atom is -0.457 e. The van der Waals surface area contributed by atoms with Crippen LogP contribution in [0.15, 0.2) is 65.2 Å². The van der Waals surface area contributed by atoms with Gasteiger partial charge in [-0.1, -0.05) is 42.8 Å². The molecule has 1 aliphatic carbocycles. The average molecular weight is 506 g/mol. The number of rotatable bonds is 5. The standard InChI is InChI=1S/C27H31N5O3S/c28-19-8-4-5-9-20(19)30-25(33)24-23-22-21(14-15-29-26(22)36-24)32(27(34)31-23)16-10-12-18(13-11-16)35-17-6-2-1-3-7-17/h1-3,6-7,10-13,19-22,26,29H,4-5,8-9,14-15,28H2,(H,30,33)(H,31,34)/t19-,20+,21?,22?,26?/m1/s1. The summed E-state index contributed by atoms with van der Waals surface area (Å²) in [5, 5.41) is 9.82. The second-order valence-electron chi connectivity index (χ2n) is 9.85. The van der Waals surface area contributed by atoms with Crippen LogP contribution in [0.2, 0.25) is 0 Å². The van der Waals surface area contributed by atoms with Crippen LogP contribution in [-0.2, 0) is 4.79 Å². The number of amides is 3. The summed E-state index contributed by atoms with van der Waals surface area (Å²) in [6.07, 6.45) is 4.83. The maximum Gasteiger partial charge on any atom is 0.326 e. The van der Waals surface area contributed by atoms with Gasteiger partial charge in [-0.15, -0.1) is 0 Å². The molecule has 3 amide bonds. The van der Waals surface area contributed by atoms with Gasteiger partial charge in [-0.3, -0.25) is 9.69 Å². The van der Waals surface area contributed by atoms with Crippen molar-refractivity contribution >= 4 is 29.4 Å². The third-order valence-electron chi connectivity index (χ3n) is 7.58. The Bertz CT molecular complexity index is 1170. The molecule has 3 unspecified atom stereocenters. The Hall–Kier alpha value is -3.01. The number of piperidine rings is 1. The molecule has 188 valence electrons. The van der Waals surface area contributed by atoms with Gasteiger partial charge in [0.15, 0.2) is 0 Å². The fourth-order valence-corrected chi connectivity index (χ4v) is 7.19. The van der Waals surface area contributed by atoms with E-state index in [1.54, 1.807) is 0 Å². The van der Waals surface area contributed by atoms with E-state index in [4.69, 9.17) is 10.5 Å². The topological polar surface area (TPSA) is 109 Å². The van der Waals surface area contributed by atoms with Crippen molar-refractivity contribution in [2.24, 2.45) is 11.7 Å². The molecule has 2 aromatic rings. The summed E-state index contributed by atoms with van der Waals surface area (Å²) in [6.45, 7) is 0.785. The number of nitrogens with one attached hydrogen (secondary N) is 3. The molecule has 3 aliphatic heterocycles. The van der Waals surface area contributed by atoms with E-state index < -0.39 is 0 Å². The molecule has 3 fully saturated rings. The smallest absolute Gasteiger partial charge is 0.326 e. The van der Waals surface area contributed by atoms with Crippen LogP contribution in [0.25, 0.3) is 0 Å². The second kappa shape index (κ2) is 9.80. The lowest BCUT2D eigenvalue weighted by atomic mass is 9.86. The summed E-state index contributed by atoms with van der Waals surface area (Å²) in [6, 6.07) is 17.0. The van der Waals surface area contributed by atoms with E-state index in [9.17, 15) is 9.59 Å². The number of anilines is 1. The highest BCUT2D eigenvalue weighted by Gasteiger charge is 2.51. The van der Waals surface area contributed by atoms with Gasteiger partial charge in [-0.2, -0.15) is 0 Å². The third kappa shape index (κ3) is 4.36. The molecule has 5 N–H and O–H groups in total. The largest absolute Gasteiger partial charge is 0.457 e. The molecule has 6 rings (SSSR count). The van der Waals surface area contributed by atoms with E-state index in [1.165, 1.54) is 11.8 Å². The van der Waals surface area contributed by atoms with E-state index in [0.29, 0.717) is 10.7 Å². The Labute approximate surface area is 215 Å². The summed E-state index contributed by atoms with van der Waals surface area (Å²) in [7, 11) is 0. The summed E-state index contributed by atoms with van der Waals surface area (Å²) in [5.74, 6) is 1.37. The maximum atomic E-state index is 13.4. The van der Waals surface area contributed by atoms with Crippen molar-refractivity contribution in [1.82, 2.24) is 16.0 Å². The number of nitrogens with zero attached hydrogens (tertiary/aromatic N) is 1. The SMILES string of the molecule is N[C@@H]1CCCC[C@@H]1NC(=O)C1=C2NC(=O)N(c3ccc(Oc4ccccc4)cc3)C3CCNC(S1)C23. The Balaban J connectivity index is 1.22. The van der Waals surface area contributed by atoms with Crippen molar-refractivity contribution in [3.05, 3.63) is 65.2 Å². The molecular weight excluding hydrogens is 474 g/mol. The van der Waals surface area contributed by atoms with Crippen molar-refractivity contribution < 1.29 is 14.3 Å². The summed E-state index contributed by atoms with van der Waals surface area (Å²) < 4.78 is 5.92. The number of nitrogens with two attached hydrogens (primary N) is 1. The van der Waals surface area contributed by atoms with E-state index in [-0.39, 0.29) is 41.4 Å². The van der Waals surface area contributed by atoms with Crippen molar-refractivity contribution in [3.8, 4) is 11.5 Å². The van der Waals surface area contributed by atoms with Crippen LogP contribution in [0.5, 0.6) is 11.5 Å². The first-order valence-corrected chi connectivity index (χ1v) is 13.6. The number of para-hydroxylation sites is 1. The molecule has 0 spiro atoms. The summed E-state index contributed by atoms with van der Waals surface area (Å²) in [5.41, 5.74) is 7.82. The van der Waals surface area contributed by atoms with E-state index in [1.807, 2.05) is 59.5 Å². The molecule has 0 bridgehead atoms. The van der Waals surface area contributed by atoms with E-state index in [2.05, 4.69) is 16.0 Å². The van der Waals surface area contributed by atoms with Gasteiger partial charge in [0.25, 0.3) is 5.91 Å². The fraction of sp³-hybridized carbons (Fsp3) is 0.407. The monoisotopic (exact) mass is 505 g/mol. The molecule has 0 radical (unpaired) electrons. The number of carbonyl (C=O) groups excluding carboxylic acids is 2. The molecule has 4 aliphatic rings. The van der Waals surface area contributed by atoms with Crippen LogP contribution in [0.3, 0.4) is 0 Å². The highest BCUT2D eigenvalue weighted by Crippen LogP contribution is 2.48. The van der Waals surface area contributed by atoms with Gasteiger partial charge in [0.2, 0.25) is 0 Å². The minimum atomic E-state index is -0.203. The van der Waals surface area contributed by atoms with Crippen LogP contribution in [0.4, 0.5) is 10.5 Å². The molecule has 0 aromatic heterocycles. The van der Waals surface area contributed by atoms with Gasteiger partial charge in [0.1, 0.15) is 11.5 Å².